The summed E-state index contributed by atoms with van der Waals surface area (Å²) in [6.45, 7) is 2.74. The summed E-state index contributed by atoms with van der Waals surface area (Å²) in [6, 6.07) is 17.1. The zero-order valence-corrected chi connectivity index (χ0v) is 15.6. The average molecular weight is 368 g/mol. The van der Waals surface area contributed by atoms with Gasteiger partial charge in [-0.15, -0.1) is 0 Å². The summed E-state index contributed by atoms with van der Waals surface area (Å²) >= 11 is 0. The minimum absolute atomic E-state index is 0.0625. The maximum atomic E-state index is 12.2. The van der Waals surface area contributed by atoms with Gasteiger partial charge in [0, 0.05) is 12.1 Å². The Morgan fingerprint density at radius 1 is 1.22 bits per heavy atom. The van der Waals surface area contributed by atoms with Crippen LogP contribution in [0, 0.1) is 0 Å². The molecule has 0 radical (unpaired) electrons. The van der Waals surface area contributed by atoms with Crippen molar-refractivity contribution in [1.82, 2.24) is 5.32 Å². The molecule has 27 heavy (non-hydrogen) atoms. The first-order valence-electron chi connectivity index (χ1n) is 9.00. The molecule has 2 unspecified atom stereocenters. The van der Waals surface area contributed by atoms with Gasteiger partial charge in [0.2, 0.25) is 5.91 Å². The van der Waals surface area contributed by atoms with Crippen LogP contribution in [0.4, 0.5) is 10.5 Å². The molecule has 1 saturated heterocycles. The second-order valence-electron chi connectivity index (χ2n) is 6.63. The summed E-state index contributed by atoms with van der Waals surface area (Å²) in [6.07, 6.45) is -0.361. The van der Waals surface area contributed by atoms with Crippen molar-refractivity contribution >= 4 is 17.7 Å². The van der Waals surface area contributed by atoms with E-state index in [1.165, 1.54) is 0 Å². The lowest BCUT2D eigenvalue weighted by Crippen LogP contribution is -2.35. The molecule has 1 aliphatic rings. The van der Waals surface area contributed by atoms with Gasteiger partial charge in [0.15, 0.2) is 0 Å². The fraction of sp³-hybridized carbons (Fsp3) is 0.333. The SMILES string of the molecule is COc1ccc(C(C)CC(=O)NCC2CN(c3ccccc3)C(=O)O2)cc1. The molecular weight excluding hydrogens is 344 g/mol. The number of carbonyl (C=O) groups is 2. The molecule has 3 rings (SSSR count). The number of methoxy groups -OCH3 is 1. The summed E-state index contributed by atoms with van der Waals surface area (Å²) in [4.78, 5) is 25.9. The molecule has 1 aliphatic heterocycles. The Bertz CT molecular complexity index is 777. The molecule has 0 bridgehead atoms. The van der Waals surface area contributed by atoms with E-state index >= 15 is 0 Å². The van der Waals surface area contributed by atoms with Crippen molar-refractivity contribution in [1.29, 1.82) is 0 Å². The average Bonchev–Trinajstić information content (AvgIpc) is 3.07. The molecule has 0 aromatic heterocycles. The van der Waals surface area contributed by atoms with Crippen LogP contribution in [0.25, 0.3) is 0 Å². The number of amides is 2. The second kappa shape index (κ2) is 8.58. The van der Waals surface area contributed by atoms with Crippen molar-refractivity contribution in [2.75, 3.05) is 25.1 Å². The van der Waals surface area contributed by atoms with Crippen LogP contribution in [0.15, 0.2) is 54.6 Å². The molecule has 2 aromatic carbocycles. The Morgan fingerprint density at radius 3 is 2.59 bits per heavy atom. The number of benzene rings is 2. The number of para-hydroxylation sites is 1. The summed E-state index contributed by atoms with van der Waals surface area (Å²) < 4.78 is 10.5. The fourth-order valence-corrected chi connectivity index (χ4v) is 3.07. The Morgan fingerprint density at radius 2 is 1.93 bits per heavy atom. The second-order valence-corrected chi connectivity index (χ2v) is 6.63. The van der Waals surface area contributed by atoms with E-state index in [4.69, 9.17) is 9.47 Å². The molecule has 1 N–H and O–H groups in total. The summed E-state index contributed by atoms with van der Waals surface area (Å²) in [7, 11) is 1.63. The number of hydrogen-bond donors (Lipinski definition) is 1. The molecule has 6 heteroatoms. The molecule has 0 aliphatic carbocycles. The number of hydrogen-bond acceptors (Lipinski definition) is 4. The van der Waals surface area contributed by atoms with Gasteiger partial charge in [0.25, 0.3) is 0 Å². The number of ether oxygens (including phenoxy) is 2. The first kappa shape index (κ1) is 18.8. The monoisotopic (exact) mass is 368 g/mol. The van der Waals surface area contributed by atoms with E-state index in [0.29, 0.717) is 19.5 Å². The third-order valence-corrected chi connectivity index (χ3v) is 4.65. The molecule has 2 amide bonds. The van der Waals surface area contributed by atoms with E-state index in [0.717, 1.165) is 17.0 Å². The molecule has 2 atom stereocenters. The lowest BCUT2D eigenvalue weighted by molar-refractivity contribution is -0.121. The van der Waals surface area contributed by atoms with E-state index in [1.54, 1.807) is 12.0 Å². The quantitative estimate of drug-likeness (QED) is 0.814. The molecule has 6 nitrogen and oxygen atoms in total. The fourth-order valence-electron chi connectivity index (χ4n) is 3.07. The van der Waals surface area contributed by atoms with E-state index in [9.17, 15) is 9.59 Å². The molecular formula is C21H24N2O4. The molecule has 0 saturated carbocycles. The predicted molar refractivity (Wildman–Crippen MR) is 103 cm³/mol. The van der Waals surface area contributed by atoms with Gasteiger partial charge in [-0.25, -0.2) is 4.79 Å². The zero-order valence-electron chi connectivity index (χ0n) is 15.6. The summed E-state index contributed by atoms with van der Waals surface area (Å²) in [5.41, 5.74) is 1.87. The number of rotatable bonds is 7. The highest BCUT2D eigenvalue weighted by Gasteiger charge is 2.32. The summed E-state index contributed by atoms with van der Waals surface area (Å²) in [5, 5.41) is 2.87. The first-order valence-corrected chi connectivity index (χ1v) is 9.00. The van der Waals surface area contributed by atoms with Crippen LogP contribution < -0.4 is 15.0 Å². The van der Waals surface area contributed by atoms with Crippen LogP contribution in [0.5, 0.6) is 5.75 Å². The maximum Gasteiger partial charge on any atom is 0.414 e. The lowest BCUT2D eigenvalue weighted by atomic mass is 9.97. The highest BCUT2D eigenvalue weighted by atomic mass is 16.6. The molecule has 142 valence electrons. The number of carbonyl (C=O) groups excluding carboxylic acids is 2. The Kier molecular flexibility index (Phi) is 5.96. The third-order valence-electron chi connectivity index (χ3n) is 4.65. The van der Waals surface area contributed by atoms with Crippen molar-refractivity contribution in [3.05, 3.63) is 60.2 Å². The van der Waals surface area contributed by atoms with Crippen molar-refractivity contribution in [3.8, 4) is 5.75 Å². The van der Waals surface area contributed by atoms with Gasteiger partial charge in [-0.05, 0) is 35.7 Å². The Hall–Kier alpha value is -3.02. The van der Waals surface area contributed by atoms with E-state index in [1.807, 2.05) is 61.5 Å². The Labute approximate surface area is 159 Å². The van der Waals surface area contributed by atoms with E-state index in [-0.39, 0.29) is 24.0 Å². The van der Waals surface area contributed by atoms with Gasteiger partial charge < -0.3 is 14.8 Å². The third kappa shape index (κ3) is 4.78. The number of nitrogens with zero attached hydrogens (tertiary/aromatic N) is 1. The molecule has 1 heterocycles. The van der Waals surface area contributed by atoms with Crippen LogP contribution in [0.3, 0.4) is 0 Å². The van der Waals surface area contributed by atoms with Gasteiger partial charge >= 0.3 is 6.09 Å². The zero-order chi connectivity index (χ0) is 19.2. The van der Waals surface area contributed by atoms with Gasteiger partial charge in [-0.1, -0.05) is 37.3 Å². The minimum atomic E-state index is -0.382. The van der Waals surface area contributed by atoms with Crippen LogP contribution in [-0.4, -0.2) is 38.3 Å². The lowest BCUT2D eigenvalue weighted by Gasteiger charge is -2.14. The van der Waals surface area contributed by atoms with Crippen LogP contribution in [0.2, 0.25) is 0 Å². The van der Waals surface area contributed by atoms with Gasteiger partial charge in [0.1, 0.15) is 11.9 Å². The van der Waals surface area contributed by atoms with Crippen LogP contribution in [-0.2, 0) is 9.53 Å². The van der Waals surface area contributed by atoms with Gasteiger partial charge in [-0.3, -0.25) is 9.69 Å². The van der Waals surface area contributed by atoms with Crippen molar-refractivity contribution in [3.63, 3.8) is 0 Å². The number of nitrogens with one attached hydrogen (secondary N) is 1. The highest BCUT2D eigenvalue weighted by molar-refractivity contribution is 5.89. The topological polar surface area (TPSA) is 67.9 Å². The van der Waals surface area contributed by atoms with E-state index < -0.39 is 0 Å². The van der Waals surface area contributed by atoms with Gasteiger partial charge in [-0.2, -0.15) is 0 Å². The van der Waals surface area contributed by atoms with Crippen LogP contribution >= 0.6 is 0 Å². The predicted octanol–water partition coefficient (Wildman–Crippen LogP) is 3.33. The number of cyclic esters (lactones) is 1. The van der Waals surface area contributed by atoms with Crippen molar-refractivity contribution in [2.45, 2.75) is 25.4 Å². The molecule has 2 aromatic rings. The Balaban J connectivity index is 1.47. The highest BCUT2D eigenvalue weighted by Crippen LogP contribution is 2.23. The van der Waals surface area contributed by atoms with Gasteiger partial charge in [0.05, 0.1) is 20.2 Å². The van der Waals surface area contributed by atoms with Crippen LogP contribution in [0.1, 0.15) is 24.8 Å². The minimum Gasteiger partial charge on any atom is -0.497 e. The molecule has 0 spiro atoms. The normalized spacial score (nSPS) is 17.3. The largest absolute Gasteiger partial charge is 0.497 e. The van der Waals surface area contributed by atoms with E-state index in [2.05, 4.69) is 5.32 Å². The van der Waals surface area contributed by atoms with Crippen molar-refractivity contribution in [2.24, 2.45) is 0 Å². The summed E-state index contributed by atoms with van der Waals surface area (Å²) in [5.74, 6) is 0.816. The number of anilines is 1. The first-order chi connectivity index (χ1) is 13.1. The maximum absolute atomic E-state index is 12.2. The standard InChI is InChI=1S/C21H24N2O4/c1-15(16-8-10-18(26-2)11-9-16)12-20(24)22-13-19-14-23(21(25)27-19)17-6-4-3-5-7-17/h3-11,15,19H,12-14H2,1-2H3,(H,22,24). The smallest absolute Gasteiger partial charge is 0.414 e. The van der Waals surface area contributed by atoms with Crippen molar-refractivity contribution < 1.29 is 19.1 Å². The molecule has 1 fully saturated rings.